The van der Waals surface area contributed by atoms with Crippen LogP contribution in [0.2, 0.25) is 0 Å². The molecule has 98 valence electrons. The molecule has 0 unspecified atom stereocenters. The van der Waals surface area contributed by atoms with Gasteiger partial charge in [0, 0.05) is 5.71 Å². The number of anilines is 1. The summed E-state index contributed by atoms with van der Waals surface area (Å²) in [5.41, 5.74) is 5.03. The standard InChI is InChI=1S/C14H20N2O2/c1-3-6-12(7-4-2)15-16-13-9-5-8-11(10-13)14(17)18/h5,8-10,16H,3-4,6-7H2,1-2H3,(H,17,18). The van der Waals surface area contributed by atoms with Crippen LogP contribution in [-0.4, -0.2) is 16.8 Å². The molecule has 4 heteroatoms. The van der Waals surface area contributed by atoms with E-state index in [2.05, 4.69) is 24.4 Å². The number of carbonyl (C=O) groups is 1. The Morgan fingerprint density at radius 1 is 1.28 bits per heavy atom. The highest BCUT2D eigenvalue weighted by atomic mass is 16.4. The molecule has 0 spiro atoms. The quantitative estimate of drug-likeness (QED) is 0.570. The lowest BCUT2D eigenvalue weighted by molar-refractivity contribution is 0.0697. The highest BCUT2D eigenvalue weighted by Crippen LogP contribution is 2.11. The summed E-state index contributed by atoms with van der Waals surface area (Å²) in [5, 5.41) is 13.2. The number of carboxylic acid groups (broad SMARTS) is 1. The van der Waals surface area contributed by atoms with Crippen molar-refractivity contribution in [2.45, 2.75) is 39.5 Å². The average Bonchev–Trinajstić information content (AvgIpc) is 2.37. The maximum atomic E-state index is 10.8. The monoisotopic (exact) mass is 248 g/mol. The highest BCUT2D eigenvalue weighted by molar-refractivity contribution is 5.89. The molecule has 0 aliphatic heterocycles. The lowest BCUT2D eigenvalue weighted by Gasteiger charge is -2.06. The van der Waals surface area contributed by atoms with E-state index in [9.17, 15) is 4.79 Å². The molecular weight excluding hydrogens is 228 g/mol. The van der Waals surface area contributed by atoms with Gasteiger partial charge in [-0.25, -0.2) is 4.79 Å². The Bertz CT molecular complexity index is 420. The van der Waals surface area contributed by atoms with Crippen LogP contribution < -0.4 is 5.43 Å². The third-order valence-electron chi connectivity index (χ3n) is 2.53. The van der Waals surface area contributed by atoms with Crippen molar-refractivity contribution >= 4 is 17.4 Å². The van der Waals surface area contributed by atoms with Crippen molar-refractivity contribution < 1.29 is 9.90 Å². The van der Waals surface area contributed by atoms with Gasteiger partial charge in [-0.2, -0.15) is 5.10 Å². The normalized spacial score (nSPS) is 9.89. The predicted octanol–water partition coefficient (Wildman–Crippen LogP) is 3.75. The minimum atomic E-state index is -0.926. The Kier molecular flexibility index (Phi) is 5.91. The van der Waals surface area contributed by atoms with Crippen LogP contribution in [0.25, 0.3) is 0 Å². The molecule has 4 nitrogen and oxygen atoms in total. The van der Waals surface area contributed by atoms with E-state index in [0.29, 0.717) is 5.69 Å². The zero-order valence-corrected chi connectivity index (χ0v) is 10.9. The Balaban J connectivity index is 2.73. The first-order valence-electron chi connectivity index (χ1n) is 6.32. The SMILES string of the molecule is CCCC(CCC)=NNc1cccc(C(=O)O)c1. The topological polar surface area (TPSA) is 61.7 Å². The molecule has 1 aromatic rings. The average molecular weight is 248 g/mol. The van der Waals surface area contributed by atoms with E-state index in [-0.39, 0.29) is 5.56 Å². The van der Waals surface area contributed by atoms with Crippen molar-refractivity contribution in [3.05, 3.63) is 29.8 Å². The summed E-state index contributed by atoms with van der Waals surface area (Å²) in [4.78, 5) is 10.8. The van der Waals surface area contributed by atoms with Gasteiger partial charge in [0.05, 0.1) is 11.3 Å². The molecule has 0 bridgehead atoms. The van der Waals surface area contributed by atoms with Crippen molar-refractivity contribution in [1.29, 1.82) is 0 Å². The molecule has 2 N–H and O–H groups in total. The van der Waals surface area contributed by atoms with E-state index in [4.69, 9.17) is 5.11 Å². The van der Waals surface area contributed by atoms with Crippen LogP contribution in [0.3, 0.4) is 0 Å². The molecule has 0 heterocycles. The summed E-state index contributed by atoms with van der Waals surface area (Å²) in [6.07, 6.45) is 4.07. The minimum Gasteiger partial charge on any atom is -0.478 e. The van der Waals surface area contributed by atoms with Crippen LogP contribution in [0.5, 0.6) is 0 Å². The maximum absolute atomic E-state index is 10.8. The van der Waals surface area contributed by atoms with E-state index >= 15 is 0 Å². The number of hydrogen-bond acceptors (Lipinski definition) is 3. The first-order valence-corrected chi connectivity index (χ1v) is 6.32. The second-order valence-electron chi connectivity index (χ2n) is 4.18. The molecular formula is C14H20N2O2. The fourth-order valence-electron chi connectivity index (χ4n) is 1.68. The summed E-state index contributed by atoms with van der Waals surface area (Å²) in [6.45, 7) is 4.24. The minimum absolute atomic E-state index is 0.266. The van der Waals surface area contributed by atoms with Gasteiger partial charge in [0.15, 0.2) is 0 Å². The molecule has 1 rings (SSSR count). The summed E-state index contributed by atoms with van der Waals surface area (Å²) in [7, 11) is 0. The lowest BCUT2D eigenvalue weighted by atomic mass is 10.1. The summed E-state index contributed by atoms with van der Waals surface area (Å²) < 4.78 is 0. The zero-order chi connectivity index (χ0) is 13.4. The second-order valence-corrected chi connectivity index (χ2v) is 4.18. The number of aromatic carboxylic acids is 1. The number of hydrazone groups is 1. The van der Waals surface area contributed by atoms with Crippen molar-refractivity contribution in [3.8, 4) is 0 Å². The predicted molar refractivity (Wildman–Crippen MR) is 74.3 cm³/mol. The van der Waals surface area contributed by atoms with E-state index < -0.39 is 5.97 Å². The molecule has 1 aromatic carbocycles. The molecule has 0 radical (unpaired) electrons. The third kappa shape index (κ3) is 4.57. The van der Waals surface area contributed by atoms with Gasteiger partial charge >= 0.3 is 5.97 Å². The number of carboxylic acids is 1. The van der Waals surface area contributed by atoms with Gasteiger partial charge in [-0.15, -0.1) is 0 Å². The molecule has 0 amide bonds. The van der Waals surface area contributed by atoms with Crippen molar-refractivity contribution in [2.75, 3.05) is 5.43 Å². The summed E-state index contributed by atoms with van der Waals surface area (Å²) in [6, 6.07) is 6.67. The molecule has 0 fully saturated rings. The largest absolute Gasteiger partial charge is 0.478 e. The molecule has 0 saturated heterocycles. The Labute approximate surface area is 108 Å². The summed E-state index contributed by atoms with van der Waals surface area (Å²) >= 11 is 0. The van der Waals surface area contributed by atoms with Gasteiger partial charge in [-0.3, -0.25) is 5.43 Å². The van der Waals surface area contributed by atoms with Gasteiger partial charge in [-0.05, 0) is 31.0 Å². The van der Waals surface area contributed by atoms with Crippen LogP contribution in [0.15, 0.2) is 29.4 Å². The van der Waals surface area contributed by atoms with Gasteiger partial charge < -0.3 is 5.11 Å². The van der Waals surface area contributed by atoms with E-state index in [0.717, 1.165) is 31.4 Å². The number of rotatable bonds is 7. The Morgan fingerprint density at radius 2 is 1.94 bits per heavy atom. The number of nitrogens with one attached hydrogen (secondary N) is 1. The van der Waals surface area contributed by atoms with E-state index in [1.807, 2.05) is 6.07 Å². The molecule has 0 aliphatic carbocycles. The lowest BCUT2D eigenvalue weighted by Crippen LogP contribution is -2.03. The van der Waals surface area contributed by atoms with Crippen LogP contribution in [0, 0.1) is 0 Å². The first kappa shape index (κ1) is 14.2. The second kappa shape index (κ2) is 7.48. The van der Waals surface area contributed by atoms with Gasteiger partial charge in [0.2, 0.25) is 0 Å². The molecule has 0 saturated carbocycles. The smallest absolute Gasteiger partial charge is 0.335 e. The first-order chi connectivity index (χ1) is 8.67. The van der Waals surface area contributed by atoms with Crippen LogP contribution in [-0.2, 0) is 0 Å². The van der Waals surface area contributed by atoms with Gasteiger partial charge in [-0.1, -0.05) is 32.8 Å². The highest BCUT2D eigenvalue weighted by Gasteiger charge is 2.03. The molecule has 18 heavy (non-hydrogen) atoms. The van der Waals surface area contributed by atoms with Crippen LogP contribution in [0.1, 0.15) is 49.9 Å². The van der Waals surface area contributed by atoms with Crippen molar-refractivity contribution in [1.82, 2.24) is 0 Å². The number of benzene rings is 1. The number of nitrogens with zero attached hydrogens (tertiary/aromatic N) is 1. The fourth-order valence-corrected chi connectivity index (χ4v) is 1.68. The van der Waals surface area contributed by atoms with Crippen molar-refractivity contribution in [3.63, 3.8) is 0 Å². The van der Waals surface area contributed by atoms with Gasteiger partial charge in [0.1, 0.15) is 0 Å². The Morgan fingerprint density at radius 3 is 2.50 bits per heavy atom. The molecule has 0 aromatic heterocycles. The third-order valence-corrected chi connectivity index (χ3v) is 2.53. The van der Waals surface area contributed by atoms with Crippen molar-refractivity contribution in [2.24, 2.45) is 5.10 Å². The van der Waals surface area contributed by atoms with E-state index in [1.165, 1.54) is 0 Å². The fraction of sp³-hybridized carbons (Fsp3) is 0.429. The molecule has 0 aliphatic rings. The number of hydrogen-bond donors (Lipinski definition) is 2. The van der Waals surface area contributed by atoms with Gasteiger partial charge in [0.25, 0.3) is 0 Å². The van der Waals surface area contributed by atoms with E-state index in [1.54, 1.807) is 18.2 Å². The summed E-state index contributed by atoms with van der Waals surface area (Å²) in [5.74, 6) is -0.926. The van der Waals surface area contributed by atoms with Crippen LogP contribution in [0.4, 0.5) is 5.69 Å². The molecule has 0 atom stereocenters. The Hall–Kier alpha value is -1.84. The van der Waals surface area contributed by atoms with Crippen LogP contribution >= 0.6 is 0 Å². The zero-order valence-electron chi connectivity index (χ0n) is 10.9. The maximum Gasteiger partial charge on any atom is 0.335 e.